The highest BCUT2D eigenvalue weighted by atomic mass is 16.5. The van der Waals surface area contributed by atoms with Gasteiger partial charge in [0.1, 0.15) is 5.75 Å². The van der Waals surface area contributed by atoms with Crippen molar-refractivity contribution in [3.8, 4) is 5.75 Å². The summed E-state index contributed by atoms with van der Waals surface area (Å²) >= 11 is 0. The van der Waals surface area contributed by atoms with Gasteiger partial charge in [-0.2, -0.15) is 0 Å². The van der Waals surface area contributed by atoms with Gasteiger partial charge in [-0.05, 0) is 41.3 Å². The van der Waals surface area contributed by atoms with Crippen LogP contribution >= 0.6 is 0 Å². The molecule has 0 aromatic heterocycles. The lowest BCUT2D eigenvalue weighted by Crippen LogP contribution is -2.54. The number of benzene rings is 3. The molecule has 2 amide bonds. The number of methoxy groups -OCH3 is 1. The minimum atomic E-state index is -0.400. The lowest BCUT2D eigenvalue weighted by molar-refractivity contribution is -0.135. The monoisotopic (exact) mass is 467 g/mol. The second-order valence-electron chi connectivity index (χ2n) is 9.44. The predicted octanol–water partition coefficient (Wildman–Crippen LogP) is 3.88. The number of ether oxygens (including phenoxy) is 1. The highest BCUT2D eigenvalue weighted by Gasteiger charge is 2.47. The van der Waals surface area contributed by atoms with Crippen molar-refractivity contribution in [1.82, 2.24) is 9.80 Å². The summed E-state index contributed by atoms with van der Waals surface area (Å²) in [6, 6.07) is 23.7. The van der Waals surface area contributed by atoms with Gasteiger partial charge in [0.05, 0.1) is 24.8 Å². The molecule has 3 aliphatic heterocycles. The molecule has 0 spiro atoms. The van der Waals surface area contributed by atoms with Gasteiger partial charge in [0.2, 0.25) is 5.91 Å². The van der Waals surface area contributed by atoms with E-state index in [-0.39, 0.29) is 17.9 Å². The van der Waals surface area contributed by atoms with Gasteiger partial charge in [0.15, 0.2) is 0 Å². The van der Waals surface area contributed by atoms with Crippen molar-refractivity contribution in [3.05, 3.63) is 95.1 Å². The molecule has 0 saturated carbocycles. The zero-order valence-corrected chi connectivity index (χ0v) is 19.9. The van der Waals surface area contributed by atoms with E-state index in [1.807, 2.05) is 64.4 Å². The van der Waals surface area contributed by atoms with Crippen molar-refractivity contribution >= 4 is 17.5 Å². The first-order chi connectivity index (χ1) is 17.2. The van der Waals surface area contributed by atoms with Crippen LogP contribution in [0.5, 0.6) is 5.75 Å². The van der Waals surface area contributed by atoms with E-state index in [4.69, 9.17) is 4.74 Å². The van der Waals surface area contributed by atoms with Crippen LogP contribution < -0.4 is 9.64 Å². The number of carbonyl (C=O) groups excluding carboxylic acids is 2. The molecule has 3 aromatic carbocycles. The third kappa shape index (κ3) is 3.55. The van der Waals surface area contributed by atoms with Gasteiger partial charge in [0.25, 0.3) is 5.91 Å². The number of hydrogen-bond donors (Lipinski definition) is 0. The maximum absolute atomic E-state index is 14.2. The summed E-state index contributed by atoms with van der Waals surface area (Å²) in [4.78, 5) is 33.8. The van der Waals surface area contributed by atoms with Crippen LogP contribution in [-0.2, 0) is 11.2 Å². The standard InChI is InChI=1S/C29H29N3O3/c1-35-25-13-7-6-12-24(25)30-16-18-31(19-17-30)29(34)26-22-10-4-5-11-23(22)28(33)32-15-14-20-8-2-3-9-21(20)27(26)32/h2-13,26-27H,14-19H2,1H3/t26-,27-/m0/s1. The van der Waals surface area contributed by atoms with Crippen molar-refractivity contribution < 1.29 is 14.3 Å². The Bertz CT molecular complexity index is 1280. The van der Waals surface area contributed by atoms with Crippen molar-refractivity contribution in [3.63, 3.8) is 0 Å². The molecule has 0 aliphatic carbocycles. The maximum atomic E-state index is 14.2. The summed E-state index contributed by atoms with van der Waals surface area (Å²) in [7, 11) is 1.69. The maximum Gasteiger partial charge on any atom is 0.254 e. The van der Waals surface area contributed by atoms with Gasteiger partial charge >= 0.3 is 0 Å². The van der Waals surface area contributed by atoms with Gasteiger partial charge in [0, 0.05) is 38.3 Å². The number of piperazine rings is 1. The number of carbonyl (C=O) groups is 2. The fraction of sp³-hybridized carbons (Fsp3) is 0.310. The molecule has 1 fully saturated rings. The van der Waals surface area contributed by atoms with Crippen LogP contribution in [0.25, 0.3) is 0 Å². The highest BCUT2D eigenvalue weighted by Crippen LogP contribution is 2.46. The minimum absolute atomic E-state index is 0.0325. The number of hydrogen-bond acceptors (Lipinski definition) is 4. The molecule has 6 rings (SSSR count). The molecule has 6 heteroatoms. The Balaban J connectivity index is 1.32. The summed E-state index contributed by atoms with van der Waals surface area (Å²) in [5.41, 5.74) is 4.91. The first-order valence-electron chi connectivity index (χ1n) is 12.3. The Morgan fingerprint density at radius 1 is 0.829 bits per heavy atom. The molecule has 0 N–H and O–H groups in total. The van der Waals surface area contributed by atoms with Crippen LogP contribution in [-0.4, -0.2) is 61.4 Å². The molecule has 0 radical (unpaired) electrons. The van der Waals surface area contributed by atoms with Gasteiger partial charge < -0.3 is 19.4 Å². The molecular weight excluding hydrogens is 438 g/mol. The molecule has 178 valence electrons. The molecule has 0 unspecified atom stereocenters. The van der Waals surface area contributed by atoms with Crippen molar-refractivity contribution in [2.24, 2.45) is 0 Å². The SMILES string of the molecule is COc1ccccc1N1CCN(C(=O)[C@H]2c3ccccc3C(=O)N3CCc4ccccc4[C@@H]23)CC1. The smallest absolute Gasteiger partial charge is 0.254 e. The topological polar surface area (TPSA) is 53.1 Å². The van der Waals surface area contributed by atoms with E-state index < -0.39 is 5.92 Å². The van der Waals surface area contributed by atoms with Crippen LogP contribution in [0.4, 0.5) is 5.69 Å². The Kier molecular flexibility index (Phi) is 5.44. The van der Waals surface area contributed by atoms with Gasteiger partial charge in [-0.15, -0.1) is 0 Å². The molecular formula is C29H29N3O3. The number of amides is 2. The van der Waals surface area contributed by atoms with E-state index in [0.717, 1.165) is 42.1 Å². The zero-order valence-electron chi connectivity index (χ0n) is 19.9. The summed E-state index contributed by atoms with van der Waals surface area (Å²) in [5, 5.41) is 0. The number of nitrogens with zero attached hydrogens (tertiary/aromatic N) is 3. The fourth-order valence-electron chi connectivity index (χ4n) is 6.00. The molecule has 35 heavy (non-hydrogen) atoms. The first kappa shape index (κ1) is 21.7. The zero-order chi connectivity index (χ0) is 23.9. The largest absolute Gasteiger partial charge is 0.495 e. The second kappa shape index (κ2) is 8.77. The third-order valence-electron chi connectivity index (χ3n) is 7.72. The quantitative estimate of drug-likeness (QED) is 0.587. The molecule has 2 atom stereocenters. The molecule has 3 aliphatic rings. The van der Waals surface area contributed by atoms with Crippen LogP contribution in [0.2, 0.25) is 0 Å². The van der Waals surface area contributed by atoms with Crippen molar-refractivity contribution in [2.75, 3.05) is 44.7 Å². The Labute approximate surface area is 205 Å². The Morgan fingerprint density at radius 2 is 1.51 bits per heavy atom. The summed E-state index contributed by atoms with van der Waals surface area (Å²) in [6.07, 6.45) is 0.819. The van der Waals surface area contributed by atoms with Crippen LogP contribution in [0.1, 0.15) is 39.0 Å². The number of rotatable bonds is 3. The molecule has 0 bridgehead atoms. The number of anilines is 1. The van der Waals surface area contributed by atoms with E-state index in [9.17, 15) is 9.59 Å². The summed E-state index contributed by atoms with van der Waals surface area (Å²) in [5.74, 6) is 0.589. The number of para-hydroxylation sites is 2. The van der Waals surface area contributed by atoms with Crippen LogP contribution in [0, 0.1) is 0 Å². The second-order valence-corrected chi connectivity index (χ2v) is 9.44. The van der Waals surface area contributed by atoms with Crippen molar-refractivity contribution in [2.45, 2.75) is 18.4 Å². The normalized spacial score (nSPS) is 21.2. The van der Waals surface area contributed by atoms with Crippen LogP contribution in [0.15, 0.2) is 72.8 Å². The van der Waals surface area contributed by atoms with Gasteiger partial charge in [-0.3, -0.25) is 9.59 Å². The predicted molar refractivity (Wildman–Crippen MR) is 135 cm³/mol. The van der Waals surface area contributed by atoms with Crippen LogP contribution in [0.3, 0.4) is 0 Å². The lowest BCUT2D eigenvalue weighted by atomic mass is 9.75. The Morgan fingerprint density at radius 3 is 2.31 bits per heavy atom. The highest BCUT2D eigenvalue weighted by molar-refractivity contribution is 6.01. The molecule has 3 heterocycles. The summed E-state index contributed by atoms with van der Waals surface area (Å²) in [6.45, 7) is 3.39. The number of fused-ring (bicyclic) bond motifs is 4. The minimum Gasteiger partial charge on any atom is -0.495 e. The molecule has 6 nitrogen and oxygen atoms in total. The molecule has 3 aromatic rings. The van der Waals surface area contributed by atoms with Crippen molar-refractivity contribution in [1.29, 1.82) is 0 Å². The summed E-state index contributed by atoms with van der Waals surface area (Å²) < 4.78 is 5.55. The van der Waals surface area contributed by atoms with E-state index in [0.29, 0.717) is 25.2 Å². The van der Waals surface area contributed by atoms with E-state index in [1.165, 1.54) is 5.56 Å². The van der Waals surface area contributed by atoms with E-state index >= 15 is 0 Å². The average Bonchev–Trinajstić information content (AvgIpc) is 2.93. The van der Waals surface area contributed by atoms with E-state index in [2.05, 4.69) is 23.1 Å². The third-order valence-corrected chi connectivity index (χ3v) is 7.72. The van der Waals surface area contributed by atoms with Gasteiger partial charge in [-0.1, -0.05) is 54.6 Å². The molecule has 1 saturated heterocycles. The fourth-order valence-corrected chi connectivity index (χ4v) is 6.00. The van der Waals surface area contributed by atoms with E-state index in [1.54, 1.807) is 7.11 Å². The average molecular weight is 468 g/mol. The lowest BCUT2D eigenvalue weighted by Gasteiger charge is -2.47. The Hall–Kier alpha value is -3.80. The first-order valence-corrected chi connectivity index (χ1v) is 12.3. The van der Waals surface area contributed by atoms with Gasteiger partial charge in [-0.25, -0.2) is 0 Å².